The van der Waals surface area contributed by atoms with Gasteiger partial charge in [0.25, 0.3) is 0 Å². The maximum atomic E-state index is 12.3. The fourth-order valence-corrected chi connectivity index (χ4v) is 6.01. The Hall–Kier alpha value is -1.45. The smallest absolute Gasteiger partial charge is 0.241 e. The molecule has 1 heterocycles. The van der Waals surface area contributed by atoms with Gasteiger partial charge in [-0.3, -0.25) is 4.79 Å². The molecule has 2 N–H and O–H groups in total. The Morgan fingerprint density at radius 2 is 1.82 bits per heavy atom. The van der Waals surface area contributed by atoms with Crippen LogP contribution >= 0.6 is 0 Å². The topological polar surface area (TPSA) is 109 Å². The summed E-state index contributed by atoms with van der Waals surface area (Å²) in [7, 11) is -7.03. The van der Waals surface area contributed by atoms with E-state index in [1.165, 1.54) is 31.2 Å². The van der Waals surface area contributed by atoms with Gasteiger partial charge in [0.15, 0.2) is 9.84 Å². The molecule has 0 radical (unpaired) electrons. The standard InChI is InChI=1S/C13H18N2O5S2/c1-10(16)14-11-3-5-12(6-4-11)22(19,20)15-13(2)7-8-21(17,18)9-13/h3-6,15H,7-9H2,1-2H3,(H,14,16). The third-order valence-electron chi connectivity index (χ3n) is 3.37. The first-order valence-corrected chi connectivity index (χ1v) is 9.94. The molecule has 1 aliphatic heterocycles. The molecule has 2 rings (SSSR count). The van der Waals surface area contributed by atoms with Crippen molar-refractivity contribution in [3.8, 4) is 0 Å². The van der Waals surface area contributed by atoms with E-state index in [1.54, 1.807) is 6.92 Å². The molecule has 1 amide bonds. The second-order valence-electron chi connectivity index (χ2n) is 5.71. The average molecular weight is 346 g/mol. The number of carbonyl (C=O) groups is 1. The molecule has 0 saturated carbocycles. The normalized spacial score (nSPS) is 24.1. The van der Waals surface area contributed by atoms with Crippen LogP contribution in [-0.2, 0) is 24.7 Å². The van der Waals surface area contributed by atoms with Crippen molar-refractivity contribution in [2.24, 2.45) is 0 Å². The van der Waals surface area contributed by atoms with Crippen molar-refractivity contribution in [2.75, 3.05) is 16.8 Å². The lowest BCUT2D eigenvalue weighted by atomic mass is 10.0. The Kier molecular flexibility index (Phi) is 4.33. The Morgan fingerprint density at radius 3 is 2.27 bits per heavy atom. The Balaban J connectivity index is 2.19. The number of anilines is 1. The molecule has 0 aliphatic carbocycles. The Labute approximate surface area is 130 Å². The SMILES string of the molecule is CC(=O)Nc1ccc(S(=O)(=O)NC2(C)CCS(=O)(=O)C2)cc1. The number of hydrogen-bond donors (Lipinski definition) is 2. The number of hydrogen-bond acceptors (Lipinski definition) is 5. The van der Waals surface area contributed by atoms with Gasteiger partial charge in [-0.05, 0) is 37.6 Å². The summed E-state index contributed by atoms with van der Waals surface area (Å²) in [6.07, 6.45) is 0.249. The molecule has 1 aliphatic rings. The molecular formula is C13H18N2O5S2. The van der Waals surface area contributed by atoms with Crippen LogP contribution in [0.5, 0.6) is 0 Å². The minimum atomic E-state index is -3.82. The summed E-state index contributed by atoms with van der Waals surface area (Å²) in [4.78, 5) is 11.0. The monoisotopic (exact) mass is 346 g/mol. The van der Waals surface area contributed by atoms with Crippen molar-refractivity contribution in [1.29, 1.82) is 0 Å². The molecule has 9 heteroatoms. The number of nitrogens with one attached hydrogen (secondary N) is 2. The van der Waals surface area contributed by atoms with E-state index in [0.29, 0.717) is 5.69 Å². The second-order valence-corrected chi connectivity index (χ2v) is 9.58. The van der Waals surface area contributed by atoms with Crippen LogP contribution in [-0.4, -0.2) is 39.8 Å². The van der Waals surface area contributed by atoms with Crippen LogP contribution in [0.25, 0.3) is 0 Å². The van der Waals surface area contributed by atoms with Crippen LogP contribution in [0, 0.1) is 0 Å². The van der Waals surface area contributed by atoms with Crippen LogP contribution < -0.4 is 10.0 Å². The minimum absolute atomic E-state index is 0.0203. The predicted molar refractivity (Wildman–Crippen MR) is 82.7 cm³/mol. The number of sulfonamides is 1. The predicted octanol–water partition coefficient (Wildman–Crippen LogP) is 0.500. The first-order valence-electron chi connectivity index (χ1n) is 6.63. The summed E-state index contributed by atoms with van der Waals surface area (Å²) < 4.78 is 50.2. The summed E-state index contributed by atoms with van der Waals surface area (Å²) in [6, 6.07) is 5.67. The van der Waals surface area contributed by atoms with Crippen LogP contribution in [0.3, 0.4) is 0 Å². The largest absolute Gasteiger partial charge is 0.326 e. The number of benzene rings is 1. The lowest BCUT2D eigenvalue weighted by molar-refractivity contribution is -0.114. The van der Waals surface area contributed by atoms with Crippen LogP contribution in [0.1, 0.15) is 20.3 Å². The van der Waals surface area contributed by atoms with E-state index in [9.17, 15) is 21.6 Å². The molecule has 1 atom stereocenters. The lowest BCUT2D eigenvalue weighted by Gasteiger charge is -2.23. The van der Waals surface area contributed by atoms with E-state index in [2.05, 4.69) is 10.0 Å². The molecule has 0 spiro atoms. The molecule has 1 unspecified atom stereocenters. The van der Waals surface area contributed by atoms with Crippen LogP contribution in [0.15, 0.2) is 29.2 Å². The highest BCUT2D eigenvalue weighted by atomic mass is 32.2. The van der Waals surface area contributed by atoms with Gasteiger partial charge in [0.1, 0.15) is 0 Å². The van der Waals surface area contributed by atoms with Gasteiger partial charge in [-0.15, -0.1) is 0 Å². The van der Waals surface area contributed by atoms with E-state index >= 15 is 0 Å². The molecule has 1 saturated heterocycles. The van der Waals surface area contributed by atoms with Gasteiger partial charge in [-0.1, -0.05) is 0 Å². The molecule has 0 aromatic heterocycles. The average Bonchev–Trinajstić information content (AvgIpc) is 2.62. The molecular weight excluding hydrogens is 328 g/mol. The van der Waals surface area contributed by atoms with Gasteiger partial charge in [0.05, 0.1) is 16.4 Å². The summed E-state index contributed by atoms with van der Waals surface area (Å²) in [5, 5.41) is 2.54. The van der Waals surface area contributed by atoms with Crippen LogP contribution in [0.4, 0.5) is 5.69 Å². The summed E-state index contributed by atoms with van der Waals surface area (Å²) >= 11 is 0. The quantitative estimate of drug-likeness (QED) is 0.825. The van der Waals surface area contributed by atoms with Crippen molar-refractivity contribution >= 4 is 31.5 Å². The van der Waals surface area contributed by atoms with Gasteiger partial charge in [0.2, 0.25) is 15.9 Å². The fraction of sp³-hybridized carbons (Fsp3) is 0.462. The number of sulfone groups is 1. The second kappa shape index (κ2) is 5.64. The third-order valence-corrected chi connectivity index (χ3v) is 6.93. The van der Waals surface area contributed by atoms with E-state index in [1.807, 2.05) is 0 Å². The van der Waals surface area contributed by atoms with E-state index in [-0.39, 0.29) is 28.7 Å². The molecule has 1 aromatic rings. The Morgan fingerprint density at radius 1 is 1.23 bits per heavy atom. The fourth-order valence-electron chi connectivity index (χ4n) is 2.39. The van der Waals surface area contributed by atoms with Gasteiger partial charge >= 0.3 is 0 Å². The Bertz CT molecular complexity index is 784. The van der Waals surface area contributed by atoms with Gasteiger partial charge in [-0.25, -0.2) is 21.6 Å². The van der Waals surface area contributed by atoms with Crippen molar-refractivity contribution in [2.45, 2.75) is 30.7 Å². The third kappa shape index (κ3) is 4.05. The minimum Gasteiger partial charge on any atom is -0.326 e. The van der Waals surface area contributed by atoms with Crippen molar-refractivity contribution in [1.82, 2.24) is 4.72 Å². The van der Waals surface area contributed by atoms with Gasteiger partial charge in [0, 0.05) is 18.2 Å². The van der Waals surface area contributed by atoms with Crippen molar-refractivity contribution < 1.29 is 21.6 Å². The van der Waals surface area contributed by atoms with Crippen molar-refractivity contribution in [3.05, 3.63) is 24.3 Å². The summed E-state index contributed by atoms with van der Waals surface area (Å²) in [5.74, 6) is -0.478. The summed E-state index contributed by atoms with van der Waals surface area (Å²) in [6.45, 7) is 2.94. The molecule has 22 heavy (non-hydrogen) atoms. The van der Waals surface area contributed by atoms with E-state index in [4.69, 9.17) is 0 Å². The lowest BCUT2D eigenvalue weighted by Crippen LogP contribution is -2.46. The molecule has 1 aromatic carbocycles. The molecule has 1 fully saturated rings. The molecule has 7 nitrogen and oxygen atoms in total. The number of rotatable bonds is 4. The zero-order chi connectivity index (χ0) is 16.6. The van der Waals surface area contributed by atoms with E-state index < -0.39 is 25.4 Å². The number of carbonyl (C=O) groups excluding carboxylic acids is 1. The maximum Gasteiger partial charge on any atom is 0.241 e. The summed E-state index contributed by atoms with van der Waals surface area (Å²) in [5.41, 5.74) is -0.505. The van der Waals surface area contributed by atoms with E-state index in [0.717, 1.165) is 0 Å². The van der Waals surface area contributed by atoms with Crippen LogP contribution in [0.2, 0.25) is 0 Å². The van der Waals surface area contributed by atoms with Gasteiger partial charge < -0.3 is 5.32 Å². The highest BCUT2D eigenvalue weighted by molar-refractivity contribution is 7.92. The zero-order valence-electron chi connectivity index (χ0n) is 12.3. The zero-order valence-corrected chi connectivity index (χ0v) is 13.9. The highest BCUT2D eigenvalue weighted by Gasteiger charge is 2.41. The maximum absolute atomic E-state index is 12.3. The van der Waals surface area contributed by atoms with Gasteiger partial charge in [-0.2, -0.15) is 0 Å². The first kappa shape index (κ1) is 16.9. The highest BCUT2D eigenvalue weighted by Crippen LogP contribution is 2.25. The molecule has 0 bridgehead atoms. The first-order chi connectivity index (χ1) is 10.0. The number of amides is 1. The van der Waals surface area contributed by atoms with Crippen molar-refractivity contribution in [3.63, 3.8) is 0 Å². The molecule has 122 valence electrons.